The summed E-state index contributed by atoms with van der Waals surface area (Å²) in [4.78, 5) is 37.9. The van der Waals surface area contributed by atoms with Crippen molar-refractivity contribution in [2.75, 3.05) is 105 Å². The Bertz CT molecular complexity index is 1010. The zero-order valence-electron chi connectivity index (χ0n) is 25.0. The molecule has 0 aromatic heterocycles. The highest BCUT2D eigenvalue weighted by molar-refractivity contribution is 5.79. The summed E-state index contributed by atoms with van der Waals surface area (Å²) >= 11 is 0. The molecule has 1 spiro atoms. The molecular weight excluding hydrogens is 528 g/mol. The molecule has 0 radical (unpaired) electrons. The highest BCUT2D eigenvalue weighted by Gasteiger charge is 2.98. The van der Waals surface area contributed by atoms with Crippen molar-refractivity contribution in [2.45, 2.75) is 50.9 Å². The number of carbonyl (C=O) groups excluding carboxylic acids is 1. The molecule has 5 aliphatic rings. The summed E-state index contributed by atoms with van der Waals surface area (Å²) in [5.74, 6) is -1.51. The first kappa shape index (κ1) is 30.6. The molecule has 230 valence electrons. The molecule has 0 amide bonds. The van der Waals surface area contributed by atoms with Crippen LogP contribution in [0.3, 0.4) is 0 Å². The van der Waals surface area contributed by atoms with Gasteiger partial charge in [-0.2, -0.15) is 8.97 Å². The van der Waals surface area contributed by atoms with Crippen molar-refractivity contribution in [2.24, 2.45) is 5.92 Å². The summed E-state index contributed by atoms with van der Waals surface area (Å²) in [6.45, 7) is 8.71. The van der Waals surface area contributed by atoms with Crippen LogP contribution in [-0.2, 0) is 23.9 Å². The van der Waals surface area contributed by atoms with Crippen molar-refractivity contribution in [3.63, 3.8) is 0 Å². The van der Waals surface area contributed by atoms with Crippen LogP contribution in [0.15, 0.2) is 12.2 Å². The summed E-state index contributed by atoms with van der Waals surface area (Å²) in [6, 6.07) is 0. The van der Waals surface area contributed by atoms with Gasteiger partial charge in [0.1, 0.15) is 52.4 Å². The lowest BCUT2D eigenvalue weighted by atomic mass is 9.95. The largest absolute Gasteiger partial charge is 0.482 e. The number of rotatable bonds is 15. The minimum absolute atomic E-state index is 0.00461. The molecule has 6 atom stereocenters. The number of Topliss-reactive ketones (excluding diaryl/α,β-unsaturated/α-hetero) is 1. The minimum Gasteiger partial charge on any atom is -0.477 e. The molecule has 0 aromatic carbocycles. The molecule has 5 rings (SSSR count). The predicted octanol–water partition coefficient (Wildman–Crippen LogP) is 1.24. The first-order valence-corrected chi connectivity index (χ1v) is 15.8. The van der Waals surface area contributed by atoms with E-state index >= 15 is 0 Å². The quantitative estimate of drug-likeness (QED) is 0.170. The standard InChI is InChI=1S/C30H50N4O7/c1-31-11-13-32(22-27(35)10-7-19-40-20-21-41-25-26-8-5-3-2-4-6-9-26)15-16-34(24-29(38)39)18-17-33(14-12-31,23-28(36)37)30(31,32)34/h2-3,26H,4-25H2,1H3/q+2/p+2/b3-2+. The highest BCUT2D eigenvalue weighted by Crippen LogP contribution is 2.61. The van der Waals surface area contributed by atoms with Gasteiger partial charge in [-0.15, -0.1) is 8.97 Å². The predicted molar refractivity (Wildman–Crippen MR) is 150 cm³/mol. The van der Waals surface area contributed by atoms with Crippen LogP contribution in [0.25, 0.3) is 0 Å². The molecule has 11 heteroatoms. The van der Waals surface area contributed by atoms with Gasteiger partial charge in [0.05, 0.1) is 20.3 Å². The van der Waals surface area contributed by atoms with Gasteiger partial charge in [-0.25, -0.2) is 9.59 Å². The van der Waals surface area contributed by atoms with Crippen LogP contribution in [0.5, 0.6) is 0 Å². The maximum Gasteiger partial charge on any atom is 0.482 e. The van der Waals surface area contributed by atoms with E-state index in [0.29, 0.717) is 82.7 Å². The molecule has 4 heterocycles. The average molecular weight is 581 g/mol. The summed E-state index contributed by atoms with van der Waals surface area (Å²) < 4.78 is 13.7. The third-order valence-corrected chi connectivity index (χ3v) is 11.3. The van der Waals surface area contributed by atoms with Gasteiger partial charge in [0.25, 0.3) is 0 Å². The van der Waals surface area contributed by atoms with Gasteiger partial charge in [-0.05, 0) is 44.4 Å². The van der Waals surface area contributed by atoms with Crippen molar-refractivity contribution in [3.8, 4) is 0 Å². The SMILES string of the molecule is C[N+]12CC[N+]3(CC(=O)O)CC[N+]4(CC(=O)O)CC[N+](CC(=O)CCCOCCOCC5CC/C=C/CCC5)(CC1)C234. The number of hydrogen-bond acceptors (Lipinski definition) is 5. The van der Waals surface area contributed by atoms with Crippen LogP contribution >= 0.6 is 0 Å². The van der Waals surface area contributed by atoms with Crippen LogP contribution in [0.4, 0.5) is 0 Å². The molecule has 2 N–H and O–H groups in total. The fraction of sp³-hybridized carbons (Fsp3) is 0.833. The number of nitrogens with zero attached hydrogens (tertiary/aromatic N) is 4. The smallest absolute Gasteiger partial charge is 0.477 e. The number of carboxylic acid groups (broad SMARTS) is 2. The van der Waals surface area contributed by atoms with Crippen LogP contribution in [-0.4, -0.2) is 157 Å². The van der Waals surface area contributed by atoms with Crippen LogP contribution in [0.2, 0.25) is 0 Å². The fourth-order valence-electron chi connectivity index (χ4n) is 10.1. The number of aliphatic carboxylic acids is 2. The molecule has 6 unspecified atom stereocenters. The number of likely N-dealkylation sites (N-methyl/N-ethyl adjacent to an activating group) is 1. The lowest BCUT2D eigenvalue weighted by Gasteiger charge is -2.49. The van der Waals surface area contributed by atoms with Gasteiger partial charge in [-0.3, -0.25) is 4.79 Å². The summed E-state index contributed by atoms with van der Waals surface area (Å²) in [6.07, 6.45) is 11.6. The number of allylic oxidation sites excluding steroid dienone is 2. The number of hydrogen-bond donors (Lipinski definition) is 2. The zero-order chi connectivity index (χ0) is 29.2. The summed E-state index contributed by atoms with van der Waals surface area (Å²) in [7, 11) is 2.20. The molecule has 1 aliphatic carbocycles. The minimum atomic E-state index is -0.839. The Morgan fingerprint density at radius 1 is 0.756 bits per heavy atom. The van der Waals surface area contributed by atoms with E-state index in [0.717, 1.165) is 45.8 Å². The van der Waals surface area contributed by atoms with Gasteiger partial charge in [-0.1, -0.05) is 12.2 Å². The Morgan fingerprint density at radius 3 is 1.95 bits per heavy atom. The summed E-state index contributed by atoms with van der Waals surface area (Å²) in [5.41, 5.74) is 0. The van der Waals surface area contributed by atoms with Crippen molar-refractivity contribution < 1.29 is 52.0 Å². The Hall–Kier alpha value is -1.89. The molecule has 0 aromatic rings. The second-order valence-corrected chi connectivity index (χ2v) is 13.7. The van der Waals surface area contributed by atoms with Crippen molar-refractivity contribution in [3.05, 3.63) is 12.2 Å². The number of carboxylic acids is 2. The maximum absolute atomic E-state index is 13.5. The first-order valence-electron chi connectivity index (χ1n) is 15.8. The number of ketones is 1. The van der Waals surface area contributed by atoms with E-state index in [1.54, 1.807) is 0 Å². The Balaban J connectivity index is 1.16. The van der Waals surface area contributed by atoms with Crippen molar-refractivity contribution >= 4 is 17.7 Å². The summed E-state index contributed by atoms with van der Waals surface area (Å²) in [5, 5.41) is 20.0. The fourth-order valence-corrected chi connectivity index (χ4v) is 10.1. The van der Waals surface area contributed by atoms with E-state index in [-0.39, 0.29) is 18.9 Å². The van der Waals surface area contributed by atoms with E-state index in [1.165, 1.54) is 25.7 Å². The third-order valence-electron chi connectivity index (χ3n) is 11.3. The Labute approximate surface area is 244 Å². The molecule has 0 bridgehead atoms. The Morgan fingerprint density at radius 2 is 1.32 bits per heavy atom. The van der Waals surface area contributed by atoms with E-state index in [9.17, 15) is 24.6 Å². The molecule has 4 saturated heterocycles. The number of carbonyl (C=O) groups is 3. The maximum atomic E-state index is 13.5. The van der Waals surface area contributed by atoms with Gasteiger partial charge < -0.3 is 19.7 Å². The second-order valence-electron chi connectivity index (χ2n) is 13.7. The number of quaternary nitrogens is 4. The third kappa shape index (κ3) is 5.16. The van der Waals surface area contributed by atoms with E-state index in [2.05, 4.69) is 19.2 Å². The molecule has 41 heavy (non-hydrogen) atoms. The van der Waals surface area contributed by atoms with Crippen LogP contribution < -0.4 is 0 Å². The van der Waals surface area contributed by atoms with Crippen molar-refractivity contribution in [1.82, 2.24) is 0 Å². The topological polar surface area (TPSA) is 110 Å². The van der Waals surface area contributed by atoms with E-state index < -0.39 is 17.8 Å². The zero-order valence-corrected chi connectivity index (χ0v) is 25.0. The van der Waals surface area contributed by atoms with Gasteiger partial charge >= 0.3 is 17.8 Å². The molecule has 11 nitrogen and oxygen atoms in total. The first-order chi connectivity index (χ1) is 19.6. The Kier molecular flexibility index (Phi) is 8.95. The van der Waals surface area contributed by atoms with Crippen LogP contribution in [0.1, 0.15) is 44.9 Å². The monoisotopic (exact) mass is 580 g/mol. The molecule has 4 fully saturated rings. The van der Waals surface area contributed by atoms with Crippen molar-refractivity contribution in [1.29, 1.82) is 0 Å². The van der Waals surface area contributed by atoms with E-state index in [4.69, 9.17) is 9.47 Å². The van der Waals surface area contributed by atoms with Gasteiger partial charge in [0.15, 0.2) is 25.4 Å². The molecule has 4 aliphatic heterocycles. The molecule has 0 saturated carbocycles. The average Bonchev–Trinajstić information content (AvgIpc) is 3.51. The molecular formula is C30H52N4O7+4. The highest BCUT2D eigenvalue weighted by atomic mass is 16.5. The van der Waals surface area contributed by atoms with Gasteiger partial charge in [0, 0.05) is 19.6 Å². The van der Waals surface area contributed by atoms with Gasteiger partial charge in [0.2, 0.25) is 0 Å². The normalized spacial score (nSPS) is 40.1. The lowest BCUT2D eigenvalue weighted by molar-refractivity contribution is -1.36. The number of ether oxygens (including phenoxy) is 2. The second kappa shape index (κ2) is 12.0. The van der Waals surface area contributed by atoms with Crippen LogP contribution in [0, 0.1) is 5.92 Å². The van der Waals surface area contributed by atoms with E-state index in [1.807, 2.05) is 0 Å². The lowest BCUT2D eigenvalue weighted by Crippen LogP contribution is -2.85.